The van der Waals surface area contributed by atoms with E-state index in [0.29, 0.717) is 18.0 Å². The second kappa shape index (κ2) is 6.32. The number of carbonyl (C=O) groups excluding carboxylic acids is 1. The molecule has 0 N–H and O–H groups in total. The smallest absolute Gasteiger partial charge is 0.275 e. The maximum absolute atomic E-state index is 12.4. The van der Waals surface area contributed by atoms with Crippen LogP contribution < -0.4 is 9.64 Å². The van der Waals surface area contributed by atoms with Crippen molar-refractivity contribution in [3.05, 3.63) is 41.8 Å². The van der Waals surface area contributed by atoms with E-state index >= 15 is 0 Å². The summed E-state index contributed by atoms with van der Waals surface area (Å²) in [5.74, 6) is 1.33. The Morgan fingerprint density at radius 2 is 2.22 bits per heavy atom. The number of aryl methyl sites for hydroxylation is 1. The van der Waals surface area contributed by atoms with Gasteiger partial charge in [-0.2, -0.15) is 0 Å². The summed E-state index contributed by atoms with van der Waals surface area (Å²) in [6.45, 7) is 6.03. The largest absolute Gasteiger partial charge is 0.485 e. The lowest BCUT2D eigenvalue weighted by Gasteiger charge is -2.37. The quantitative estimate of drug-likeness (QED) is 0.867. The molecule has 0 saturated carbocycles. The highest BCUT2D eigenvalue weighted by molar-refractivity contribution is 5.92. The lowest BCUT2D eigenvalue weighted by Crippen LogP contribution is -2.46. The Morgan fingerprint density at radius 1 is 1.43 bits per heavy atom. The van der Waals surface area contributed by atoms with Crippen molar-refractivity contribution in [3.8, 4) is 5.75 Å². The third-order valence-electron chi connectivity index (χ3n) is 3.98. The van der Waals surface area contributed by atoms with Crippen LogP contribution in [0.3, 0.4) is 0 Å². The predicted octanol–water partition coefficient (Wildman–Crippen LogP) is 2.34. The molecule has 3 rings (SSSR count). The van der Waals surface area contributed by atoms with Crippen molar-refractivity contribution in [1.29, 1.82) is 0 Å². The predicted molar refractivity (Wildman–Crippen MR) is 86.9 cm³/mol. The molecule has 0 fully saturated rings. The van der Waals surface area contributed by atoms with E-state index in [9.17, 15) is 4.79 Å². The summed E-state index contributed by atoms with van der Waals surface area (Å²) in [4.78, 5) is 16.3. The number of ether oxygens (including phenoxy) is 1. The van der Waals surface area contributed by atoms with Gasteiger partial charge in [-0.25, -0.2) is 0 Å². The molecular formula is C17H21N3O3. The van der Waals surface area contributed by atoms with Gasteiger partial charge >= 0.3 is 0 Å². The normalized spacial score (nSPS) is 16.7. The summed E-state index contributed by atoms with van der Waals surface area (Å²) >= 11 is 0. The number of fused-ring (bicyclic) bond motifs is 1. The Balaban J connectivity index is 1.70. The minimum Gasteiger partial charge on any atom is -0.485 e. The van der Waals surface area contributed by atoms with Crippen LogP contribution in [0.15, 0.2) is 34.9 Å². The van der Waals surface area contributed by atoms with E-state index in [0.717, 1.165) is 24.5 Å². The zero-order chi connectivity index (χ0) is 16.4. The van der Waals surface area contributed by atoms with Crippen LogP contribution in [-0.4, -0.2) is 48.7 Å². The van der Waals surface area contributed by atoms with Gasteiger partial charge in [-0.3, -0.25) is 4.79 Å². The van der Waals surface area contributed by atoms with Crippen LogP contribution in [-0.2, 0) is 0 Å². The summed E-state index contributed by atoms with van der Waals surface area (Å²) in [7, 11) is 1.76. The Bertz CT molecular complexity index is 698. The van der Waals surface area contributed by atoms with Crippen molar-refractivity contribution in [3.63, 3.8) is 0 Å². The topological polar surface area (TPSA) is 58.8 Å². The van der Waals surface area contributed by atoms with Crippen molar-refractivity contribution in [2.75, 3.05) is 31.6 Å². The highest BCUT2D eigenvalue weighted by atomic mass is 16.5. The first-order valence-corrected chi connectivity index (χ1v) is 7.78. The van der Waals surface area contributed by atoms with Gasteiger partial charge in [-0.05, 0) is 26.0 Å². The number of para-hydroxylation sites is 2. The molecule has 0 saturated heterocycles. The van der Waals surface area contributed by atoms with Crippen molar-refractivity contribution < 1.29 is 14.1 Å². The SMILES string of the molecule is CCN1C[C@H](CN(C)C(=O)c2cc(C)on2)Oc2ccccc21. The minimum absolute atomic E-state index is 0.0770. The van der Waals surface area contributed by atoms with Gasteiger partial charge in [0.05, 0.1) is 18.8 Å². The molecule has 0 bridgehead atoms. The number of anilines is 1. The number of nitrogens with zero attached hydrogens (tertiary/aromatic N) is 3. The van der Waals surface area contributed by atoms with Crippen LogP contribution in [0.1, 0.15) is 23.2 Å². The number of amides is 1. The Morgan fingerprint density at radius 3 is 2.91 bits per heavy atom. The number of carbonyl (C=O) groups is 1. The van der Waals surface area contributed by atoms with Gasteiger partial charge in [-0.15, -0.1) is 0 Å². The highest BCUT2D eigenvalue weighted by Crippen LogP contribution is 2.32. The van der Waals surface area contributed by atoms with Gasteiger partial charge < -0.3 is 19.1 Å². The second-order valence-corrected chi connectivity index (χ2v) is 5.75. The second-order valence-electron chi connectivity index (χ2n) is 5.75. The first-order chi connectivity index (χ1) is 11.1. The first-order valence-electron chi connectivity index (χ1n) is 7.78. The molecule has 1 aliphatic rings. The van der Waals surface area contributed by atoms with Crippen LogP contribution in [0.5, 0.6) is 5.75 Å². The van der Waals surface area contributed by atoms with Gasteiger partial charge in [0, 0.05) is 19.7 Å². The number of hydrogen-bond donors (Lipinski definition) is 0. The number of rotatable bonds is 4. The Labute approximate surface area is 135 Å². The fourth-order valence-electron chi connectivity index (χ4n) is 2.82. The Kier molecular flexibility index (Phi) is 4.23. The summed E-state index contributed by atoms with van der Waals surface area (Å²) in [6, 6.07) is 9.64. The number of benzene rings is 1. The van der Waals surface area contributed by atoms with Crippen molar-refractivity contribution in [2.24, 2.45) is 0 Å². The van der Waals surface area contributed by atoms with Crippen LogP contribution in [0.2, 0.25) is 0 Å². The van der Waals surface area contributed by atoms with E-state index in [1.54, 1.807) is 24.9 Å². The van der Waals surface area contributed by atoms with Crippen LogP contribution in [0.25, 0.3) is 0 Å². The molecule has 0 unspecified atom stereocenters. The van der Waals surface area contributed by atoms with Crippen LogP contribution >= 0.6 is 0 Å². The minimum atomic E-state index is -0.160. The number of aromatic nitrogens is 1. The third kappa shape index (κ3) is 3.16. The molecule has 0 radical (unpaired) electrons. The fourth-order valence-corrected chi connectivity index (χ4v) is 2.82. The Hall–Kier alpha value is -2.50. The monoisotopic (exact) mass is 315 g/mol. The molecule has 23 heavy (non-hydrogen) atoms. The summed E-state index contributed by atoms with van der Waals surface area (Å²) in [6.07, 6.45) is -0.0770. The average Bonchev–Trinajstić information content (AvgIpc) is 2.99. The van der Waals surface area contributed by atoms with Gasteiger partial charge in [0.2, 0.25) is 0 Å². The van der Waals surface area contributed by atoms with Gasteiger partial charge in [-0.1, -0.05) is 17.3 Å². The van der Waals surface area contributed by atoms with E-state index in [4.69, 9.17) is 9.26 Å². The van der Waals surface area contributed by atoms with E-state index in [-0.39, 0.29) is 12.0 Å². The molecule has 122 valence electrons. The molecule has 1 atom stereocenters. The molecule has 1 aromatic carbocycles. The molecular weight excluding hydrogens is 294 g/mol. The summed E-state index contributed by atoms with van der Waals surface area (Å²) < 4.78 is 11.0. The van der Waals surface area contributed by atoms with Crippen LogP contribution in [0, 0.1) is 6.92 Å². The maximum atomic E-state index is 12.4. The molecule has 0 aliphatic carbocycles. The van der Waals surface area contributed by atoms with Crippen molar-refractivity contribution in [1.82, 2.24) is 10.1 Å². The van der Waals surface area contributed by atoms with Gasteiger partial charge in [0.1, 0.15) is 17.6 Å². The van der Waals surface area contributed by atoms with Crippen molar-refractivity contribution >= 4 is 11.6 Å². The molecule has 0 spiro atoms. The van der Waals surface area contributed by atoms with Gasteiger partial charge in [0.25, 0.3) is 5.91 Å². The highest BCUT2D eigenvalue weighted by Gasteiger charge is 2.27. The summed E-state index contributed by atoms with van der Waals surface area (Å²) in [5.41, 5.74) is 1.43. The van der Waals surface area contributed by atoms with Crippen LogP contribution in [0.4, 0.5) is 5.69 Å². The summed E-state index contributed by atoms with van der Waals surface area (Å²) in [5, 5.41) is 3.78. The third-order valence-corrected chi connectivity index (χ3v) is 3.98. The number of hydrogen-bond acceptors (Lipinski definition) is 5. The zero-order valence-corrected chi connectivity index (χ0v) is 13.7. The molecule has 1 amide bonds. The van der Waals surface area contributed by atoms with E-state index in [1.165, 1.54) is 0 Å². The van der Waals surface area contributed by atoms with E-state index in [1.807, 2.05) is 18.2 Å². The lowest BCUT2D eigenvalue weighted by atomic mass is 10.1. The molecule has 2 aromatic rings. The molecule has 6 heteroatoms. The standard InChI is InChI=1S/C17H21N3O3/c1-4-20-11-13(22-16-8-6-5-7-15(16)20)10-19(3)17(21)14-9-12(2)23-18-14/h5-9,13H,4,10-11H2,1-3H3/t13-/m0/s1. The molecule has 2 heterocycles. The first kappa shape index (κ1) is 15.4. The lowest BCUT2D eigenvalue weighted by molar-refractivity contribution is 0.0699. The van der Waals surface area contributed by atoms with Crippen molar-refractivity contribution in [2.45, 2.75) is 20.0 Å². The molecule has 6 nitrogen and oxygen atoms in total. The average molecular weight is 315 g/mol. The molecule has 1 aromatic heterocycles. The fraction of sp³-hybridized carbons (Fsp3) is 0.412. The van der Waals surface area contributed by atoms with E-state index in [2.05, 4.69) is 23.0 Å². The number of likely N-dealkylation sites (N-methyl/N-ethyl adjacent to an activating group) is 2. The zero-order valence-electron chi connectivity index (χ0n) is 13.7. The van der Waals surface area contributed by atoms with Gasteiger partial charge in [0.15, 0.2) is 5.69 Å². The van der Waals surface area contributed by atoms with E-state index < -0.39 is 0 Å². The maximum Gasteiger partial charge on any atom is 0.275 e. The molecule has 1 aliphatic heterocycles.